The number of benzene rings is 3. The van der Waals surface area contributed by atoms with Crippen molar-refractivity contribution in [3.05, 3.63) is 94.0 Å². The molecule has 0 spiro atoms. The van der Waals surface area contributed by atoms with Gasteiger partial charge in [0.2, 0.25) is 5.91 Å². The number of rotatable bonds is 9. The smallest absolute Gasteiger partial charge is 0.481 e. The van der Waals surface area contributed by atoms with Gasteiger partial charge in [-0.1, -0.05) is 30.3 Å². The lowest BCUT2D eigenvalue weighted by atomic mass is 9.78. The zero-order chi connectivity index (χ0) is 35.0. The Morgan fingerprint density at radius 3 is 2.18 bits per heavy atom. The number of carboxylic acid groups (broad SMARTS) is 1. The van der Waals surface area contributed by atoms with Gasteiger partial charge in [0.1, 0.15) is 6.04 Å². The maximum Gasteiger partial charge on any atom is 0.491 e. The zero-order valence-corrected chi connectivity index (χ0v) is 25.8. The molecule has 254 valence electrons. The van der Waals surface area contributed by atoms with Crippen LogP contribution >= 0.6 is 0 Å². The first-order chi connectivity index (χ1) is 23.3. The molecule has 6 rings (SSSR count). The van der Waals surface area contributed by atoms with E-state index in [9.17, 15) is 47.5 Å². The number of fused-ring (bicyclic) bond motifs is 2. The number of hydrogen-bond donors (Lipinski definition) is 5. The van der Waals surface area contributed by atoms with E-state index in [0.717, 1.165) is 17.7 Å². The van der Waals surface area contributed by atoms with Gasteiger partial charge < -0.3 is 40.0 Å². The average molecular weight is 679 g/mol. The van der Waals surface area contributed by atoms with Crippen molar-refractivity contribution in [2.75, 3.05) is 6.54 Å². The fourth-order valence-corrected chi connectivity index (χ4v) is 6.39. The summed E-state index contributed by atoms with van der Waals surface area (Å²) in [5, 5.41) is 35.2. The molecule has 1 fully saturated rings. The minimum absolute atomic E-state index is 0.0694. The van der Waals surface area contributed by atoms with Gasteiger partial charge in [0, 0.05) is 29.8 Å². The third-order valence-electron chi connectivity index (χ3n) is 8.83. The Labute approximate surface area is 278 Å². The van der Waals surface area contributed by atoms with Gasteiger partial charge in [0.25, 0.3) is 11.8 Å². The molecule has 3 aromatic carbocycles. The van der Waals surface area contributed by atoms with Gasteiger partial charge >= 0.3 is 26.4 Å². The summed E-state index contributed by atoms with van der Waals surface area (Å²) in [5.41, 5.74) is 1.81. The van der Waals surface area contributed by atoms with E-state index in [1.165, 1.54) is 35.2 Å². The van der Waals surface area contributed by atoms with Gasteiger partial charge in [-0.2, -0.15) is 13.2 Å². The molecule has 49 heavy (non-hydrogen) atoms. The molecule has 1 saturated heterocycles. The second kappa shape index (κ2) is 13.7. The van der Waals surface area contributed by atoms with Crippen molar-refractivity contribution in [2.45, 2.75) is 56.8 Å². The Morgan fingerprint density at radius 1 is 0.918 bits per heavy atom. The molecular weight excluding hydrogens is 649 g/mol. The number of amides is 3. The summed E-state index contributed by atoms with van der Waals surface area (Å²) in [6.07, 6.45) is -5.54. The number of nitrogens with one attached hydrogen (secondary N) is 2. The van der Waals surface area contributed by atoms with E-state index in [1.54, 1.807) is 18.2 Å². The van der Waals surface area contributed by atoms with Gasteiger partial charge in [0.05, 0.1) is 25.2 Å². The largest absolute Gasteiger partial charge is 0.491 e. The van der Waals surface area contributed by atoms with Gasteiger partial charge in [-0.15, -0.1) is 0 Å². The highest BCUT2D eigenvalue weighted by Crippen LogP contribution is 2.30. The maximum absolute atomic E-state index is 13.9. The first-order valence-electron chi connectivity index (χ1n) is 15.4. The molecule has 12 nitrogen and oxygen atoms in total. The van der Waals surface area contributed by atoms with E-state index >= 15 is 0 Å². The first-order valence-corrected chi connectivity index (χ1v) is 15.4. The van der Waals surface area contributed by atoms with Crippen molar-refractivity contribution >= 4 is 48.9 Å². The predicted octanol–water partition coefficient (Wildman–Crippen LogP) is 0.356. The fourth-order valence-electron chi connectivity index (χ4n) is 6.39. The number of aliphatic carboxylic acids is 1. The van der Waals surface area contributed by atoms with Crippen LogP contribution in [0.1, 0.15) is 55.8 Å². The van der Waals surface area contributed by atoms with Crippen molar-refractivity contribution in [1.29, 1.82) is 0 Å². The lowest BCUT2D eigenvalue weighted by molar-refractivity contribution is -0.139. The quantitative estimate of drug-likeness (QED) is 0.200. The normalized spacial score (nSPS) is 19.0. The third kappa shape index (κ3) is 7.49. The molecule has 0 aliphatic carbocycles. The number of halogens is 3. The highest BCUT2D eigenvalue weighted by molar-refractivity contribution is 6.62. The lowest BCUT2D eigenvalue weighted by Crippen LogP contribution is -2.50. The van der Waals surface area contributed by atoms with Crippen LogP contribution in [0.3, 0.4) is 0 Å². The van der Waals surface area contributed by atoms with Crippen LogP contribution in [0.2, 0.25) is 0 Å². The van der Waals surface area contributed by atoms with E-state index < -0.39 is 74.2 Å². The van der Waals surface area contributed by atoms with Gasteiger partial charge in [-0.05, 0) is 70.8 Å². The number of carbonyl (C=O) groups excluding carboxylic acids is 3. The second-order valence-corrected chi connectivity index (χ2v) is 12.2. The molecule has 3 heterocycles. The zero-order valence-electron chi connectivity index (χ0n) is 25.8. The second-order valence-electron chi connectivity index (χ2n) is 12.2. The van der Waals surface area contributed by atoms with Crippen LogP contribution in [0.15, 0.2) is 60.7 Å². The molecular formula is C32H30B2F3N3O9. The summed E-state index contributed by atoms with van der Waals surface area (Å²) >= 11 is 0. The molecule has 0 saturated carbocycles. The van der Waals surface area contributed by atoms with Crippen molar-refractivity contribution < 1.29 is 56.8 Å². The van der Waals surface area contributed by atoms with E-state index in [-0.39, 0.29) is 49.3 Å². The van der Waals surface area contributed by atoms with Gasteiger partial charge in [-0.25, -0.2) is 0 Å². The summed E-state index contributed by atoms with van der Waals surface area (Å²) in [5.74, 6) is -3.20. The topological polar surface area (TPSA) is 175 Å². The van der Waals surface area contributed by atoms with Crippen molar-refractivity contribution in [1.82, 2.24) is 15.5 Å². The minimum atomic E-state index is -4.63. The number of likely N-dealkylation sites (tertiary alicyclic amines) is 1. The van der Waals surface area contributed by atoms with Crippen LogP contribution in [-0.2, 0) is 44.7 Å². The van der Waals surface area contributed by atoms with Crippen LogP contribution in [0, 0.1) is 0 Å². The van der Waals surface area contributed by atoms with E-state index in [1.807, 2.05) is 0 Å². The number of alkyl halides is 3. The summed E-state index contributed by atoms with van der Waals surface area (Å²) in [4.78, 5) is 53.9. The molecule has 3 amide bonds. The Morgan fingerprint density at radius 2 is 1.55 bits per heavy atom. The van der Waals surface area contributed by atoms with Gasteiger partial charge in [0.15, 0.2) is 0 Å². The molecule has 3 aliphatic heterocycles. The summed E-state index contributed by atoms with van der Waals surface area (Å²) in [6.45, 7) is 0.223. The average Bonchev–Trinajstić information content (AvgIpc) is 3.76. The Hall–Kier alpha value is -4.70. The first kappa shape index (κ1) is 34.2. The highest BCUT2D eigenvalue weighted by atomic mass is 19.4. The molecule has 0 bridgehead atoms. The molecule has 0 radical (unpaired) electrons. The lowest BCUT2D eigenvalue weighted by Gasteiger charge is -2.26. The number of carbonyl (C=O) groups is 4. The summed E-state index contributed by atoms with van der Waals surface area (Å²) in [6, 6.07) is 10.6. The number of hydrogen-bond acceptors (Lipinski definition) is 8. The maximum atomic E-state index is 13.9. The van der Waals surface area contributed by atoms with Crippen LogP contribution in [0.4, 0.5) is 13.2 Å². The molecule has 5 N–H and O–H groups in total. The van der Waals surface area contributed by atoms with Crippen molar-refractivity contribution in [3.8, 4) is 0 Å². The summed E-state index contributed by atoms with van der Waals surface area (Å²) in [7, 11) is -2.42. The molecule has 3 aliphatic rings. The molecule has 0 aromatic heterocycles. The monoisotopic (exact) mass is 679 g/mol. The Bertz CT molecular complexity index is 1810. The van der Waals surface area contributed by atoms with Crippen LogP contribution in [0.25, 0.3) is 0 Å². The molecule has 1 unspecified atom stereocenters. The van der Waals surface area contributed by atoms with Crippen LogP contribution < -0.4 is 21.6 Å². The predicted molar refractivity (Wildman–Crippen MR) is 168 cm³/mol. The van der Waals surface area contributed by atoms with Crippen LogP contribution in [-0.4, -0.2) is 82.7 Å². The number of nitrogens with zero attached hydrogens (tertiary/aromatic N) is 1. The molecule has 3 aromatic rings. The van der Waals surface area contributed by atoms with Crippen LogP contribution in [0.5, 0.6) is 0 Å². The summed E-state index contributed by atoms with van der Waals surface area (Å²) < 4.78 is 50.4. The minimum Gasteiger partial charge on any atom is -0.481 e. The van der Waals surface area contributed by atoms with E-state index in [0.29, 0.717) is 16.5 Å². The highest BCUT2D eigenvalue weighted by Gasteiger charge is 2.42. The fraction of sp³-hybridized carbons (Fsp3) is 0.312. The van der Waals surface area contributed by atoms with Crippen molar-refractivity contribution in [2.24, 2.45) is 0 Å². The van der Waals surface area contributed by atoms with E-state index in [4.69, 9.17) is 9.31 Å². The van der Waals surface area contributed by atoms with Crippen molar-refractivity contribution in [3.63, 3.8) is 0 Å². The molecule has 3 atom stereocenters. The standard InChI is InChI=1S/C32H30B2F3N3O9/c35-32(36,37)22-3-1-2-17(8-22)9-23(13-28(41)42)38-30(44)27-12-24(39-29(43)18-4-6-20-15-48-33(46)25(20)10-18)14-40(27)31(45)19-5-7-21-16-49-34(47)26(21)11-19/h1-8,10-11,23-24,27,46-47H,9,12-16H2,(H,38,44)(H,39,43)(H,41,42)/t23?,24-,27+/m1/s1. The van der Waals surface area contributed by atoms with Gasteiger partial charge in [-0.3, -0.25) is 19.2 Å². The Kier molecular flexibility index (Phi) is 9.53. The number of carboxylic acids is 1. The van der Waals surface area contributed by atoms with E-state index in [2.05, 4.69) is 10.6 Å². The third-order valence-corrected chi connectivity index (χ3v) is 8.83. The molecule has 17 heteroatoms. The SMILES string of the molecule is O=C(O)CC(Cc1cccc(C(F)(F)F)c1)NC(=O)[C@@H]1C[C@@H](NC(=O)c2ccc3c(c2)B(O)OC3)CN1C(=O)c1ccc2c(c1)B(O)OC2. The Balaban J connectivity index is 1.24.